The quantitative estimate of drug-likeness (QED) is 0.877. The first kappa shape index (κ1) is 17.2. The van der Waals surface area contributed by atoms with Crippen molar-refractivity contribution in [3.63, 3.8) is 0 Å². The summed E-state index contributed by atoms with van der Waals surface area (Å²) in [5.74, 6) is -0.281. The Bertz CT molecular complexity index is 478. The molecule has 0 aliphatic rings. The fourth-order valence-electron chi connectivity index (χ4n) is 1.58. The minimum Gasteiger partial charge on any atom is -0.444 e. The van der Waals surface area contributed by atoms with E-state index in [2.05, 4.69) is 5.32 Å². The maximum atomic E-state index is 12.8. The predicted octanol–water partition coefficient (Wildman–Crippen LogP) is 2.94. The van der Waals surface area contributed by atoms with Gasteiger partial charge in [-0.3, -0.25) is 0 Å². The lowest BCUT2D eigenvalue weighted by Gasteiger charge is -2.20. The van der Waals surface area contributed by atoms with Gasteiger partial charge < -0.3 is 15.8 Å². The molecule has 0 aliphatic heterocycles. The minimum absolute atomic E-state index is 0.0115. The highest BCUT2D eigenvalue weighted by Gasteiger charge is 2.16. The number of hydrogen-bond acceptors (Lipinski definition) is 3. The zero-order valence-electron chi connectivity index (χ0n) is 12.7. The Morgan fingerprint density at radius 1 is 1.38 bits per heavy atom. The van der Waals surface area contributed by atoms with Crippen molar-refractivity contribution in [3.05, 3.63) is 41.7 Å². The van der Waals surface area contributed by atoms with Crippen LogP contribution in [-0.2, 0) is 4.74 Å². The van der Waals surface area contributed by atoms with Crippen molar-refractivity contribution >= 4 is 12.2 Å². The molecule has 1 aromatic rings. The molecule has 1 amide bonds. The van der Waals surface area contributed by atoms with Gasteiger partial charge in [-0.15, -0.1) is 0 Å². The number of hydrogen-bond donors (Lipinski definition) is 2. The first-order valence-corrected chi connectivity index (χ1v) is 6.91. The molecule has 116 valence electrons. The van der Waals surface area contributed by atoms with E-state index < -0.39 is 11.7 Å². The summed E-state index contributed by atoms with van der Waals surface area (Å²) in [4.78, 5) is 11.6. The fraction of sp³-hybridized carbons (Fsp3) is 0.438. The lowest BCUT2D eigenvalue weighted by atomic mass is 10.1. The average molecular weight is 294 g/mol. The number of benzene rings is 1. The Morgan fingerprint density at radius 3 is 2.52 bits per heavy atom. The molecule has 1 unspecified atom stereocenters. The maximum Gasteiger partial charge on any atom is 0.407 e. The molecule has 3 N–H and O–H groups in total. The molecule has 0 saturated carbocycles. The molecule has 0 aliphatic carbocycles. The fourth-order valence-corrected chi connectivity index (χ4v) is 1.58. The monoisotopic (exact) mass is 294 g/mol. The summed E-state index contributed by atoms with van der Waals surface area (Å²) in [5.41, 5.74) is 6.03. The summed E-state index contributed by atoms with van der Waals surface area (Å²) in [6, 6.07) is 6.16. The number of nitrogens with two attached hydrogens (primary N) is 1. The lowest BCUT2D eigenvalue weighted by Crippen LogP contribution is -2.36. The van der Waals surface area contributed by atoms with Gasteiger partial charge in [0.1, 0.15) is 11.4 Å². The third-order valence-corrected chi connectivity index (χ3v) is 2.64. The molecule has 5 heteroatoms. The van der Waals surface area contributed by atoms with Gasteiger partial charge in [0.25, 0.3) is 0 Å². The highest BCUT2D eigenvalue weighted by molar-refractivity contribution is 5.67. The van der Waals surface area contributed by atoms with Crippen LogP contribution in [0.5, 0.6) is 0 Å². The van der Waals surface area contributed by atoms with E-state index in [0.717, 1.165) is 5.56 Å². The molecular weight excluding hydrogens is 271 g/mol. The van der Waals surface area contributed by atoms with Crippen LogP contribution in [0, 0.1) is 11.7 Å². The number of nitrogens with one attached hydrogen (secondary N) is 1. The normalized spacial score (nSPS) is 13.2. The zero-order chi connectivity index (χ0) is 15.9. The van der Waals surface area contributed by atoms with E-state index in [4.69, 9.17) is 10.5 Å². The van der Waals surface area contributed by atoms with E-state index in [1.54, 1.807) is 32.9 Å². The largest absolute Gasteiger partial charge is 0.444 e. The van der Waals surface area contributed by atoms with Crippen molar-refractivity contribution in [1.29, 1.82) is 0 Å². The minimum atomic E-state index is -0.522. The van der Waals surface area contributed by atoms with Crippen LogP contribution in [0.4, 0.5) is 9.18 Å². The molecule has 4 nitrogen and oxygen atoms in total. The molecule has 1 rings (SSSR count). The molecule has 0 aromatic heterocycles. The van der Waals surface area contributed by atoms with Crippen LogP contribution in [0.25, 0.3) is 6.08 Å². The van der Waals surface area contributed by atoms with Crippen LogP contribution in [0.3, 0.4) is 0 Å². The van der Waals surface area contributed by atoms with Crippen LogP contribution in [-0.4, -0.2) is 24.8 Å². The van der Waals surface area contributed by atoms with Crippen LogP contribution in [0.2, 0.25) is 0 Å². The molecule has 0 saturated heterocycles. The summed E-state index contributed by atoms with van der Waals surface area (Å²) in [6.07, 6.45) is 3.29. The lowest BCUT2D eigenvalue weighted by molar-refractivity contribution is 0.0523. The third-order valence-electron chi connectivity index (χ3n) is 2.64. The second kappa shape index (κ2) is 7.78. The molecule has 0 heterocycles. The molecule has 0 fully saturated rings. The van der Waals surface area contributed by atoms with E-state index in [0.29, 0.717) is 13.1 Å². The maximum absolute atomic E-state index is 12.8. The van der Waals surface area contributed by atoms with E-state index in [-0.39, 0.29) is 11.7 Å². The number of alkyl carbamates (subject to hydrolysis) is 1. The molecule has 21 heavy (non-hydrogen) atoms. The summed E-state index contributed by atoms with van der Waals surface area (Å²) < 4.78 is 17.9. The Balaban J connectivity index is 2.48. The van der Waals surface area contributed by atoms with Crippen LogP contribution < -0.4 is 11.1 Å². The third kappa shape index (κ3) is 7.46. The van der Waals surface area contributed by atoms with Gasteiger partial charge in [0.2, 0.25) is 0 Å². The van der Waals surface area contributed by atoms with E-state index in [1.807, 2.05) is 12.2 Å². The highest BCUT2D eigenvalue weighted by atomic mass is 19.1. The van der Waals surface area contributed by atoms with Crippen LogP contribution in [0.1, 0.15) is 26.3 Å². The highest BCUT2D eigenvalue weighted by Crippen LogP contribution is 2.08. The van der Waals surface area contributed by atoms with Crippen molar-refractivity contribution < 1.29 is 13.9 Å². The van der Waals surface area contributed by atoms with Gasteiger partial charge in [0, 0.05) is 19.0 Å². The van der Waals surface area contributed by atoms with Crippen molar-refractivity contribution in [1.82, 2.24) is 5.32 Å². The van der Waals surface area contributed by atoms with Crippen molar-refractivity contribution in [2.24, 2.45) is 11.7 Å². The van der Waals surface area contributed by atoms with Crippen molar-refractivity contribution in [2.45, 2.75) is 26.4 Å². The second-order valence-electron chi connectivity index (χ2n) is 5.79. The van der Waals surface area contributed by atoms with E-state index >= 15 is 0 Å². The van der Waals surface area contributed by atoms with Crippen molar-refractivity contribution in [3.8, 4) is 0 Å². The van der Waals surface area contributed by atoms with Crippen LogP contribution in [0.15, 0.2) is 30.3 Å². The summed E-state index contributed by atoms with van der Waals surface area (Å²) in [5, 5.41) is 2.68. The number of carbonyl (C=O) groups is 1. The van der Waals surface area contributed by atoms with Crippen LogP contribution >= 0.6 is 0 Å². The first-order chi connectivity index (χ1) is 9.80. The molecule has 0 bridgehead atoms. The van der Waals surface area contributed by atoms with Gasteiger partial charge in [-0.05, 0) is 38.5 Å². The molecule has 0 radical (unpaired) electrons. The summed E-state index contributed by atoms with van der Waals surface area (Å²) in [6.45, 7) is 6.21. The zero-order valence-corrected chi connectivity index (χ0v) is 12.7. The van der Waals surface area contributed by atoms with Crippen molar-refractivity contribution in [2.75, 3.05) is 13.1 Å². The standard InChI is InChI=1S/C16H23FN2O2/c1-16(2,3)21-15(20)19-11-13(10-18)5-4-12-6-8-14(17)9-7-12/h4-9,13H,10-11,18H2,1-3H3,(H,19,20)/b5-4+. The molecule has 1 aromatic carbocycles. The van der Waals surface area contributed by atoms with Gasteiger partial charge >= 0.3 is 6.09 Å². The number of rotatable bonds is 5. The second-order valence-corrected chi connectivity index (χ2v) is 5.79. The van der Waals surface area contributed by atoms with E-state index in [9.17, 15) is 9.18 Å². The average Bonchev–Trinajstić information content (AvgIpc) is 2.39. The Labute approximate surface area is 125 Å². The van der Waals surface area contributed by atoms with Gasteiger partial charge in [-0.25, -0.2) is 9.18 Å². The van der Waals surface area contributed by atoms with Gasteiger partial charge in [-0.1, -0.05) is 24.3 Å². The Hall–Kier alpha value is -1.88. The number of amides is 1. The number of ether oxygens (including phenoxy) is 1. The topological polar surface area (TPSA) is 64.3 Å². The summed E-state index contributed by atoms with van der Waals surface area (Å²) in [7, 11) is 0. The number of halogens is 1. The number of carbonyl (C=O) groups excluding carboxylic acids is 1. The van der Waals surface area contributed by atoms with Gasteiger partial charge in [0.05, 0.1) is 0 Å². The Morgan fingerprint density at radius 2 is 2.00 bits per heavy atom. The Kier molecular flexibility index (Phi) is 6.37. The predicted molar refractivity (Wildman–Crippen MR) is 82.2 cm³/mol. The first-order valence-electron chi connectivity index (χ1n) is 6.91. The smallest absolute Gasteiger partial charge is 0.407 e. The van der Waals surface area contributed by atoms with E-state index in [1.165, 1.54) is 12.1 Å². The van der Waals surface area contributed by atoms with Gasteiger partial charge in [-0.2, -0.15) is 0 Å². The molecule has 1 atom stereocenters. The molecule has 0 spiro atoms. The SMILES string of the molecule is CC(C)(C)OC(=O)NCC(/C=C/c1ccc(F)cc1)CN. The van der Waals surface area contributed by atoms with Gasteiger partial charge in [0.15, 0.2) is 0 Å². The molecular formula is C16H23FN2O2. The summed E-state index contributed by atoms with van der Waals surface area (Å²) >= 11 is 0.